The quantitative estimate of drug-likeness (QED) is 0.849. The Bertz CT molecular complexity index is 559. The molecule has 0 unspecified atom stereocenters. The first kappa shape index (κ1) is 13.0. The van der Waals surface area contributed by atoms with Crippen LogP contribution >= 0.6 is 0 Å². The molecule has 18 heavy (non-hydrogen) atoms. The standard InChI is InChI=1S/C12H16N2O3S/c1-2-18(16,17)10-5-3-9(4-6-10)14-11(15)12(13)7-8-12/h3-6H,2,7-8,13H2,1H3,(H,14,15). The fraction of sp³-hybridized carbons (Fsp3) is 0.417. The van der Waals surface area contributed by atoms with Crippen molar-refractivity contribution in [1.29, 1.82) is 0 Å². The normalized spacial score (nSPS) is 17.2. The van der Waals surface area contributed by atoms with Gasteiger partial charge in [0.2, 0.25) is 5.91 Å². The van der Waals surface area contributed by atoms with Crippen LogP contribution in [0.2, 0.25) is 0 Å². The van der Waals surface area contributed by atoms with E-state index in [1.807, 2.05) is 0 Å². The molecule has 1 aromatic carbocycles. The van der Waals surface area contributed by atoms with Crippen LogP contribution < -0.4 is 11.1 Å². The van der Waals surface area contributed by atoms with Gasteiger partial charge in [0.25, 0.3) is 0 Å². The molecule has 0 radical (unpaired) electrons. The molecule has 0 aromatic heterocycles. The van der Waals surface area contributed by atoms with E-state index >= 15 is 0 Å². The fourth-order valence-electron chi connectivity index (χ4n) is 1.53. The molecule has 98 valence electrons. The molecule has 1 aliphatic rings. The summed E-state index contributed by atoms with van der Waals surface area (Å²) in [4.78, 5) is 11.9. The second-order valence-electron chi connectivity index (χ2n) is 4.54. The number of anilines is 1. The van der Waals surface area contributed by atoms with Crippen molar-refractivity contribution in [1.82, 2.24) is 0 Å². The van der Waals surface area contributed by atoms with Crippen molar-refractivity contribution < 1.29 is 13.2 Å². The van der Waals surface area contributed by atoms with Gasteiger partial charge in [-0.25, -0.2) is 8.42 Å². The van der Waals surface area contributed by atoms with Gasteiger partial charge in [-0.05, 0) is 37.1 Å². The van der Waals surface area contributed by atoms with Crippen LogP contribution in [0, 0.1) is 0 Å². The van der Waals surface area contributed by atoms with Gasteiger partial charge in [0.15, 0.2) is 9.84 Å². The summed E-state index contributed by atoms with van der Waals surface area (Å²) in [7, 11) is -3.20. The summed E-state index contributed by atoms with van der Waals surface area (Å²) >= 11 is 0. The lowest BCUT2D eigenvalue weighted by molar-refractivity contribution is -0.118. The molecule has 0 spiro atoms. The van der Waals surface area contributed by atoms with Crippen LogP contribution in [0.4, 0.5) is 5.69 Å². The third-order valence-electron chi connectivity index (χ3n) is 3.09. The summed E-state index contributed by atoms with van der Waals surface area (Å²) in [6.45, 7) is 1.59. The maximum Gasteiger partial charge on any atom is 0.244 e. The van der Waals surface area contributed by atoms with Crippen LogP contribution in [0.15, 0.2) is 29.2 Å². The van der Waals surface area contributed by atoms with Crippen molar-refractivity contribution in [3.05, 3.63) is 24.3 Å². The maximum absolute atomic E-state index is 11.7. The SMILES string of the molecule is CCS(=O)(=O)c1ccc(NC(=O)C2(N)CC2)cc1. The molecular formula is C12H16N2O3S. The number of hydrogen-bond donors (Lipinski definition) is 2. The smallest absolute Gasteiger partial charge is 0.244 e. The molecular weight excluding hydrogens is 252 g/mol. The van der Waals surface area contributed by atoms with Gasteiger partial charge in [-0.15, -0.1) is 0 Å². The Hall–Kier alpha value is -1.40. The van der Waals surface area contributed by atoms with E-state index in [2.05, 4.69) is 5.32 Å². The van der Waals surface area contributed by atoms with Crippen molar-refractivity contribution in [2.45, 2.75) is 30.2 Å². The molecule has 6 heteroatoms. The van der Waals surface area contributed by atoms with E-state index in [1.165, 1.54) is 12.1 Å². The third kappa shape index (κ3) is 2.54. The van der Waals surface area contributed by atoms with Gasteiger partial charge in [-0.1, -0.05) is 6.92 Å². The van der Waals surface area contributed by atoms with Crippen LogP contribution in [0.3, 0.4) is 0 Å². The Labute approximate surface area is 106 Å². The van der Waals surface area contributed by atoms with Crippen molar-refractivity contribution in [2.24, 2.45) is 5.73 Å². The Morgan fingerprint density at radius 2 is 1.89 bits per heavy atom. The molecule has 5 nitrogen and oxygen atoms in total. The first-order valence-electron chi connectivity index (χ1n) is 5.80. The number of carbonyl (C=O) groups is 1. The number of nitrogens with one attached hydrogen (secondary N) is 1. The number of sulfone groups is 1. The zero-order chi connectivity index (χ0) is 13.4. The van der Waals surface area contributed by atoms with E-state index in [0.29, 0.717) is 18.5 Å². The maximum atomic E-state index is 11.7. The fourth-order valence-corrected chi connectivity index (χ4v) is 2.41. The van der Waals surface area contributed by atoms with Gasteiger partial charge in [0.05, 0.1) is 16.2 Å². The molecule has 1 aromatic rings. The highest BCUT2D eigenvalue weighted by atomic mass is 32.2. The molecule has 1 fully saturated rings. The Morgan fingerprint density at radius 3 is 2.33 bits per heavy atom. The van der Waals surface area contributed by atoms with Crippen LogP contribution in [-0.2, 0) is 14.6 Å². The molecule has 1 saturated carbocycles. The number of carbonyl (C=O) groups excluding carboxylic acids is 1. The summed E-state index contributed by atoms with van der Waals surface area (Å²) in [6.07, 6.45) is 1.39. The largest absolute Gasteiger partial charge is 0.324 e. The summed E-state index contributed by atoms with van der Waals surface area (Å²) in [5.41, 5.74) is 5.58. The molecule has 0 bridgehead atoms. The number of nitrogens with two attached hydrogens (primary N) is 1. The molecule has 0 atom stereocenters. The highest BCUT2D eigenvalue weighted by molar-refractivity contribution is 7.91. The zero-order valence-electron chi connectivity index (χ0n) is 10.1. The van der Waals surface area contributed by atoms with Gasteiger partial charge in [0.1, 0.15) is 0 Å². The molecule has 1 aliphatic carbocycles. The van der Waals surface area contributed by atoms with Crippen molar-refractivity contribution in [2.75, 3.05) is 11.1 Å². The van der Waals surface area contributed by atoms with Gasteiger partial charge >= 0.3 is 0 Å². The first-order chi connectivity index (χ1) is 8.37. The van der Waals surface area contributed by atoms with E-state index in [9.17, 15) is 13.2 Å². The van der Waals surface area contributed by atoms with Crippen molar-refractivity contribution >= 4 is 21.4 Å². The monoisotopic (exact) mass is 268 g/mol. The minimum absolute atomic E-state index is 0.0601. The van der Waals surface area contributed by atoms with Crippen LogP contribution in [0.1, 0.15) is 19.8 Å². The van der Waals surface area contributed by atoms with Crippen molar-refractivity contribution in [3.8, 4) is 0 Å². The van der Waals surface area contributed by atoms with E-state index in [4.69, 9.17) is 5.73 Å². The van der Waals surface area contributed by atoms with E-state index in [-0.39, 0.29) is 16.6 Å². The Balaban J connectivity index is 2.11. The second kappa shape index (κ2) is 4.37. The van der Waals surface area contributed by atoms with Crippen LogP contribution in [0.5, 0.6) is 0 Å². The first-order valence-corrected chi connectivity index (χ1v) is 7.46. The van der Waals surface area contributed by atoms with Gasteiger partial charge in [0, 0.05) is 5.69 Å². The van der Waals surface area contributed by atoms with Crippen LogP contribution in [-0.4, -0.2) is 25.6 Å². The number of benzene rings is 1. The predicted molar refractivity (Wildman–Crippen MR) is 69.0 cm³/mol. The molecule has 0 saturated heterocycles. The zero-order valence-corrected chi connectivity index (χ0v) is 11.0. The number of hydrogen-bond acceptors (Lipinski definition) is 4. The number of rotatable bonds is 4. The average Bonchev–Trinajstić information content (AvgIpc) is 3.09. The Kier molecular flexibility index (Phi) is 3.16. The average molecular weight is 268 g/mol. The lowest BCUT2D eigenvalue weighted by Gasteiger charge is -2.10. The molecule has 0 heterocycles. The molecule has 0 aliphatic heterocycles. The molecule has 1 amide bonds. The Morgan fingerprint density at radius 1 is 1.33 bits per heavy atom. The lowest BCUT2D eigenvalue weighted by atomic mass is 10.2. The van der Waals surface area contributed by atoms with E-state index in [1.54, 1.807) is 19.1 Å². The minimum Gasteiger partial charge on any atom is -0.324 e. The summed E-state index contributed by atoms with van der Waals surface area (Å²) in [6, 6.07) is 6.13. The second-order valence-corrected chi connectivity index (χ2v) is 6.82. The van der Waals surface area contributed by atoms with Gasteiger partial charge in [-0.2, -0.15) is 0 Å². The predicted octanol–water partition coefficient (Wildman–Crippen LogP) is 0.910. The third-order valence-corrected chi connectivity index (χ3v) is 4.84. The molecule has 2 rings (SSSR count). The number of amides is 1. The summed E-state index contributed by atoms with van der Waals surface area (Å²) in [5.74, 6) is -0.154. The summed E-state index contributed by atoms with van der Waals surface area (Å²) < 4.78 is 23.2. The lowest BCUT2D eigenvalue weighted by Crippen LogP contribution is -2.37. The van der Waals surface area contributed by atoms with Gasteiger partial charge < -0.3 is 11.1 Å². The summed E-state index contributed by atoms with van der Waals surface area (Å²) in [5, 5.41) is 2.68. The highest BCUT2D eigenvalue weighted by Crippen LogP contribution is 2.33. The van der Waals surface area contributed by atoms with E-state index < -0.39 is 15.4 Å². The highest BCUT2D eigenvalue weighted by Gasteiger charge is 2.45. The topological polar surface area (TPSA) is 89.3 Å². The van der Waals surface area contributed by atoms with Gasteiger partial charge in [-0.3, -0.25) is 4.79 Å². The molecule has 3 N–H and O–H groups in total. The minimum atomic E-state index is -3.20. The van der Waals surface area contributed by atoms with Crippen LogP contribution in [0.25, 0.3) is 0 Å². The van der Waals surface area contributed by atoms with Crippen molar-refractivity contribution in [3.63, 3.8) is 0 Å². The van der Waals surface area contributed by atoms with E-state index in [0.717, 1.165) is 0 Å².